The van der Waals surface area contributed by atoms with Crippen molar-refractivity contribution in [3.8, 4) is 0 Å². The Morgan fingerprint density at radius 2 is 1.89 bits per heavy atom. The number of thiophene rings is 2. The zero-order valence-corrected chi connectivity index (χ0v) is 16.1. The fraction of sp³-hybridized carbons (Fsp3) is 0.0952. The predicted molar refractivity (Wildman–Crippen MR) is 111 cm³/mol. The van der Waals surface area contributed by atoms with Gasteiger partial charge in [-0.25, -0.2) is 4.79 Å². The monoisotopic (exact) mass is 407 g/mol. The first kappa shape index (κ1) is 17.1. The molecule has 0 saturated carbocycles. The van der Waals surface area contributed by atoms with Gasteiger partial charge in [-0.05, 0) is 35.9 Å². The van der Waals surface area contributed by atoms with Crippen LogP contribution in [0.3, 0.4) is 0 Å². The highest BCUT2D eigenvalue weighted by Gasteiger charge is 2.20. The fourth-order valence-corrected chi connectivity index (χ4v) is 5.71. The van der Waals surface area contributed by atoms with Gasteiger partial charge in [-0.15, -0.1) is 22.7 Å². The summed E-state index contributed by atoms with van der Waals surface area (Å²) >= 11 is 3.02. The molecule has 1 amide bonds. The first-order valence-corrected chi connectivity index (χ1v) is 10.3. The Labute approximate surface area is 167 Å². The molecule has 138 valence electrons. The van der Waals surface area contributed by atoms with Gasteiger partial charge in [-0.2, -0.15) is 0 Å². The number of benzene rings is 2. The van der Waals surface area contributed by atoms with Crippen molar-refractivity contribution in [1.29, 1.82) is 0 Å². The van der Waals surface area contributed by atoms with E-state index in [4.69, 9.17) is 4.74 Å². The average Bonchev–Trinajstić information content (AvgIpc) is 3.36. The molecule has 1 N–H and O–H groups in total. The number of fused-ring (bicyclic) bond motifs is 4. The second-order valence-corrected chi connectivity index (χ2v) is 8.63. The fourth-order valence-electron chi connectivity index (χ4n) is 3.29. The molecule has 5 nitrogen and oxygen atoms in total. The lowest BCUT2D eigenvalue weighted by molar-refractivity contribution is -0.115. The van der Waals surface area contributed by atoms with E-state index in [-0.39, 0.29) is 24.7 Å². The van der Waals surface area contributed by atoms with Crippen LogP contribution in [0.5, 0.6) is 0 Å². The van der Waals surface area contributed by atoms with E-state index in [9.17, 15) is 14.4 Å². The number of carbonyl (C=O) groups excluding carboxylic acids is 3. The normalized spacial score (nSPS) is 12.9. The maximum absolute atomic E-state index is 12.4. The summed E-state index contributed by atoms with van der Waals surface area (Å²) in [7, 11) is 0. The molecule has 2 aromatic carbocycles. The predicted octanol–water partition coefficient (Wildman–Crippen LogP) is 4.65. The highest BCUT2D eigenvalue weighted by Crippen LogP contribution is 2.39. The van der Waals surface area contributed by atoms with Crippen LogP contribution in [0.25, 0.3) is 19.5 Å². The smallest absolute Gasteiger partial charge is 0.348 e. The van der Waals surface area contributed by atoms with Gasteiger partial charge in [0.25, 0.3) is 0 Å². The minimum atomic E-state index is -0.496. The Kier molecular flexibility index (Phi) is 3.99. The highest BCUT2D eigenvalue weighted by molar-refractivity contribution is 7.33. The lowest BCUT2D eigenvalue weighted by atomic mass is 10.1. The zero-order chi connectivity index (χ0) is 19.3. The number of rotatable bonds is 4. The maximum atomic E-state index is 12.4. The molecule has 0 fully saturated rings. The SMILES string of the molecule is O=C1Cc2cc(C(=O)COC(=O)c3cc4sc5ccccc5c4s3)ccc2N1. The average molecular weight is 407 g/mol. The van der Waals surface area contributed by atoms with E-state index in [2.05, 4.69) is 11.4 Å². The van der Waals surface area contributed by atoms with E-state index in [0.29, 0.717) is 10.4 Å². The van der Waals surface area contributed by atoms with E-state index in [0.717, 1.165) is 26.0 Å². The summed E-state index contributed by atoms with van der Waals surface area (Å²) < 4.78 is 8.53. The quantitative estimate of drug-likeness (QED) is 0.395. The van der Waals surface area contributed by atoms with E-state index >= 15 is 0 Å². The summed E-state index contributed by atoms with van der Waals surface area (Å²) in [6.07, 6.45) is 0.260. The number of nitrogens with one attached hydrogen (secondary N) is 1. The topological polar surface area (TPSA) is 72.5 Å². The van der Waals surface area contributed by atoms with E-state index in [1.54, 1.807) is 29.5 Å². The molecule has 0 spiro atoms. The Bertz CT molecular complexity index is 1280. The van der Waals surface area contributed by atoms with Crippen LogP contribution < -0.4 is 5.32 Å². The van der Waals surface area contributed by atoms with Gasteiger partial charge in [0, 0.05) is 26.0 Å². The molecule has 1 aliphatic rings. The molecule has 0 radical (unpaired) electrons. The molecule has 7 heteroatoms. The number of hydrogen-bond acceptors (Lipinski definition) is 6. The third-order valence-corrected chi connectivity index (χ3v) is 7.03. The molecule has 3 heterocycles. The van der Waals surface area contributed by atoms with Crippen molar-refractivity contribution < 1.29 is 19.1 Å². The number of esters is 1. The van der Waals surface area contributed by atoms with Crippen molar-refractivity contribution in [1.82, 2.24) is 0 Å². The summed E-state index contributed by atoms with van der Waals surface area (Å²) in [6.45, 7) is -0.328. The highest BCUT2D eigenvalue weighted by atomic mass is 32.1. The first-order valence-electron chi connectivity index (χ1n) is 8.63. The summed E-state index contributed by atoms with van der Waals surface area (Å²) in [5.74, 6) is -0.876. The van der Waals surface area contributed by atoms with Crippen LogP contribution in [-0.4, -0.2) is 24.3 Å². The number of hydrogen-bond donors (Lipinski definition) is 1. The number of anilines is 1. The van der Waals surface area contributed by atoms with E-state index in [1.165, 1.54) is 16.0 Å². The van der Waals surface area contributed by atoms with Gasteiger partial charge in [0.2, 0.25) is 5.91 Å². The van der Waals surface area contributed by atoms with Gasteiger partial charge < -0.3 is 10.1 Å². The largest absolute Gasteiger partial charge is 0.453 e. The van der Waals surface area contributed by atoms with Gasteiger partial charge in [0.05, 0.1) is 11.1 Å². The van der Waals surface area contributed by atoms with Gasteiger partial charge in [0.1, 0.15) is 4.88 Å². The van der Waals surface area contributed by atoms with E-state index in [1.807, 2.05) is 24.3 Å². The molecule has 5 rings (SSSR count). The van der Waals surface area contributed by atoms with Crippen LogP contribution >= 0.6 is 22.7 Å². The molecular weight excluding hydrogens is 394 g/mol. The van der Waals surface area contributed by atoms with Crippen LogP contribution in [0.2, 0.25) is 0 Å². The van der Waals surface area contributed by atoms with Crippen molar-refractivity contribution in [2.75, 3.05) is 11.9 Å². The molecule has 0 unspecified atom stereocenters. The third kappa shape index (κ3) is 2.89. The second kappa shape index (κ2) is 6.54. The Morgan fingerprint density at radius 1 is 1.04 bits per heavy atom. The van der Waals surface area contributed by atoms with Crippen LogP contribution in [0, 0.1) is 0 Å². The number of amides is 1. The van der Waals surface area contributed by atoms with Gasteiger partial charge in [-0.1, -0.05) is 18.2 Å². The molecule has 2 aromatic heterocycles. The van der Waals surface area contributed by atoms with Crippen LogP contribution in [0.4, 0.5) is 5.69 Å². The maximum Gasteiger partial charge on any atom is 0.348 e. The summed E-state index contributed by atoms with van der Waals surface area (Å²) in [5, 5.41) is 3.85. The zero-order valence-electron chi connectivity index (χ0n) is 14.5. The van der Waals surface area contributed by atoms with Crippen molar-refractivity contribution >= 4 is 65.5 Å². The number of Topliss-reactive ketones (excluding diaryl/α,β-unsaturated/α-hetero) is 1. The lowest BCUT2D eigenvalue weighted by Crippen LogP contribution is -2.13. The van der Waals surface area contributed by atoms with Gasteiger partial charge in [0.15, 0.2) is 12.4 Å². The molecule has 0 bridgehead atoms. The number of carbonyl (C=O) groups is 3. The van der Waals surface area contributed by atoms with Gasteiger partial charge >= 0.3 is 5.97 Å². The van der Waals surface area contributed by atoms with Crippen molar-refractivity contribution in [2.24, 2.45) is 0 Å². The lowest BCUT2D eigenvalue weighted by Gasteiger charge is -2.05. The Hall–Kier alpha value is -3.03. The second-order valence-electron chi connectivity index (χ2n) is 6.50. The van der Waals surface area contributed by atoms with Crippen LogP contribution in [-0.2, 0) is 16.0 Å². The third-order valence-electron chi connectivity index (χ3n) is 4.64. The standard InChI is InChI=1S/C21H13NO4S2/c23-15(11-5-6-14-12(7-11)8-19(24)22-14)10-26-21(25)18-9-17-20(28-18)13-3-1-2-4-16(13)27-17/h1-7,9H,8,10H2,(H,22,24). The molecule has 4 aromatic rings. The minimum absolute atomic E-state index is 0.0868. The molecule has 0 aliphatic carbocycles. The van der Waals surface area contributed by atoms with E-state index < -0.39 is 5.97 Å². The summed E-state index contributed by atoms with van der Waals surface area (Å²) in [4.78, 5) is 36.7. The molecular formula is C21H13NO4S2. The molecule has 1 aliphatic heterocycles. The summed E-state index contributed by atoms with van der Waals surface area (Å²) in [5.41, 5.74) is 1.94. The molecule has 0 atom stereocenters. The first-order chi connectivity index (χ1) is 13.6. The van der Waals surface area contributed by atoms with Crippen molar-refractivity contribution in [3.63, 3.8) is 0 Å². The molecule has 0 saturated heterocycles. The molecule has 28 heavy (non-hydrogen) atoms. The Balaban J connectivity index is 1.31. The number of ketones is 1. The number of ether oxygens (including phenoxy) is 1. The minimum Gasteiger partial charge on any atom is -0.453 e. The van der Waals surface area contributed by atoms with Crippen LogP contribution in [0.15, 0.2) is 48.5 Å². The van der Waals surface area contributed by atoms with Gasteiger partial charge in [-0.3, -0.25) is 9.59 Å². The summed E-state index contributed by atoms with van der Waals surface area (Å²) in [6, 6.07) is 14.9. The van der Waals surface area contributed by atoms with Crippen molar-refractivity contribution in [3.05, 3.63) is 64.5 Å². The Morgan fingerprint density at radius 3 is 2.79 bits per heavy atom. The van der Waals surface area contributed by atoms with Crippen molar-refractivity contribution in [2.45, 2.75) is 6.42 Å². The van der Waals surface area contributed by atoms with Crippen LogP contribution in [0.1, 0.15) is 25.6 Å².